The van der Waals surface area contributed by atoms with Crippen LogP contribution >= 0.6 is 0 Å². The van der Waals surface area contributed by atoms with Crippen molar-refractivity contribution >= 4 is 5.91 Å². The van der Waals surface area contributed by atoms with Crippen LogP contribution in [0.5, 0.6) is 0 Å². The highest BCUT2D eigenvalue weighted by molar-refractivity contribution is 5.79. The molecule has 0 aliphatic carbocycles. The molecule has 23 heavy (non-hydrogen) atoms. The van der Waals surface area contributed by atoms with Crippen molar-refractivity contribution in [2.45, 2.75) is 32.6 Å². The van der Waals surface area contributed by atoms with Gasteiger partial charge >= 0.3 is 0 Å². The highest BCUT2D eigenvalue weighted by Crippen LogP contribution is 2.20. The van der Waals surface area contributed by atoms with Crippen molar-refractivity contribution in [1.29, 1.82) is 5.26 Å². The van der Waals surface area contributed by atoms with E-state index in [0.717, 1.165) is 52.0 Å². The van der Waals surface area contributed by atoms with Crippen molar-refractivity contribution in [2.24, 2.45) is 5.92 Å². The number of likely N-dealkylation sites (N-methyl/N-ethyl adjacent to an activating group) is 1. The van der Waals surface area contributed by atoms with Crippen molar-refractivity contribution in [2.75, 3.05) is 32.7 Å². The van der Waals surface area contributed by atoms with Gasteiger partial charge in [0.2, 0.25) is 5.91 Å². The first-order chi connectivity index (χ1) is 11.2. The molecule has 0 N–H and O–H groups in total. The molecule has 5 heteroatoms. The average Bonchev–Trinajstić information content (AvgIpc) is 2.61. The molecule has 1 aromatic heterocycles. The second-order valence-corrected chi connectivity index (χ2v) is 6.05. The van der Waals surface area contributed by atoms with Gasteiger partial charge in [0.1, 0.15) is 0 Å². The van der Waals surface area contributed by atoms with Crippen molar-refractivity contribution < 1.29 is 4.79 Å². The van der Waals surface area contributed by atoms with E-state index in [1.807, 2.05) is 24.0 Å². The summed E-state index contributed by atoms with van der Waals surface area (Å²) in [7, 11) is 0. The molecule has 2 rings (SSSR count). The number of hydrogen-bond donors (Lipinski definition) is 0. The summed E-state index contributed by atoms with van der Waals surface area (Å²) in [5.41, 5.74) is 1.22. The number of aromatic nitrogens is 1. The fourth-order valence-electron chi connectivity index (χ4n) is 3.11. The van der Waals surface area contributed by atoms with Gasteiger partial charge in [0.05, 0.1) is 6.07 Å². The minimum absolute atomic E-state index is 0.144. The Kier molecular flexibility index (Phi) is 7.02. The van der Waals surface area contributed by atoms with Crippen molar-refractivity contribution in [3.63, 3.8) is 0 Å². The third-order valence-corrected chi connectivity index (χ3v) is 4.59. The third kappa shape index (κ3) is 5.33. The summed E-state index contributed by atoms with van der Waals surface area (Å²) >= 11 is 0. The van der Waals surface area contributed by atoms with E-state index in [0.29, 0.717) is 12.3 Å². The Labute approximate surface area is 138 Å². The van der Waals surface area contributed by atoms with E-state index in [9.17, 15) is 4.79 Å². The normalized spacial score (nSPS) is 16.0. The minimum atomic E-state index is 0.144. The molecule has 0 spiro atoms. The van der Waals surface area contributed by atoms with Crippen LogP contribution in [0, 0.1) is 17.2 Å². The first kappa shape index (κ1) is 17.4. The molecule has 1 aromatic rings. The summed E-state index contributed by atoms with van der Waals surface area (Å²) in [6, 6.07) is 6.20. The van der Waals surface area contributed by atoms with Crippen molar-refractivity contribution in [3.05, 3.63) is 30.1 Å². The van der Waals surface area contributed by atoms with E-state index in [-0.39, 0.29) is 5.92 Å². The Morgan fingerprint density at radius 3 is 2.70 bits per heavy atom. The quantitative estimate of drug-likeness (QED) is 0.773. The maximum atomic E-state index is 12.7. The van der Waals surface area contributed by atoms with Crippen LogP contribution in [0.1, 0.15) is 31.7 Å². The molecule has 0 unspecified atom stereocenters. The van der Waals surface area contributed by atoms with E-state index in [1.54, 1.807) is 12.4 Å². The van der Waals surface area contributed by atoms with E-state index < -0.39 is 0 Å². The van der Waals surface area contributed by atoms with Gasteiger partial charge in [-0.2, -0.15) is 5.26 Å². The molecule has 0 saturated carbocycles. The molecule has 2 heterocycles. The zero-order chi connectivity index (χ0) is 16.5. The number of nitrogens with zero attached hydrogens (tertiary/aromatic N) is 4. The predicted octanol–water partition coefficient (Wildman–Crippen LogP) is 2.10. The summed E-state index contributed by atoms with van der Waals surface area (Å²) in [5, 5.41) is 8.65. The number of hydrogen-bond acceptors (Lipinski definition) is 4. The molecule has 0 aromatic carbocycles. The van der Waals surface area contributed by atoms with Gasteiger partial charge in [0.25, 0.3) is 0 Å². The number of carbonyl (C=O) groups excluding carboxylic acids is 1. The maximum Gasteiger partial charge on any atom is 0.225 e. The maximum absolute atomic E-state index is 12.7. The minimum Gasteiger partial charge on any atom is -0.342 e. The highest BCUT2D eigenvalue weighted by atomic mass is 16.2. The number of likely N-dealkylation sites (tertiary alicyclic amines) is 1. The summed E-state index contributed by atoms with van der Waals surface area (Å²) in [4.78, 5) is 21.0. The van der Waals surface area contributed by atoms with Gasteiger partial charge in [0.15, 0.2) is 0 Å². The van der Waals surface area contributed by atoms with Crippen LogP contribution in [0.4, 0.5) is 0 Å². The van der Waals surface area contributed by atoms with E-state index in [2.05, 4.69) is 16.0 Å². The van der Waals surface area contributed by atoms with Crippen LogP contribution in [-0.4, -0.2) is 53.4 Å². The number of piperidine rings is 1. The molecule has 1 amide bonds. The van der Waals surface area contributed by atoms with Gasteiger partial charge in [-0.3, -0.25) is 9.78 Å². The lowest BCUT2D eigenvalue weighted by atomic mass is 9.95. The van der Waals surface area contributed by atoms with Gasteiger partial charge in [-0.1, -0.05) is 0 Å². The zero-order valence-electron chi connectivity index (χ0n) is 13.9. The average molecular weight is 314 g/mol. The number of rotatable bonds is 7. The standard InChI is InChI=1S/C18H26N4O/c1-2-22(15-6-16-4-10-20-11-5-16)18(23)17-7-13-21(14-8-17)12-3-9-19/h4-5,10-11,17H,2-3,6-8,12-15H2,1H3. The second kappa shape index (κ2) is 9.26. The molecule has 5 nitrogen and oxygen atoms in total. The Morgan fingerprint density at radius 2 is 2.09 bits per heavy atom. The van der Waals surface area contributed by atoms with Gasteiger partial charge in [0, 0.05) is 44.4 Å². The summed E-state index contributed by atoms with van der Waals surface area (Å²) < 4.78 is 0. The lowest BCUT2D eigenvalue weighted by Gasteiger charge is -2.33. The Bertz CT molecular complexity index is 518. The van der Waals surface area contributed by atoms with Crippen molar-refractivity contribution in [1.82, 2.24) is 14.8 Å². The number of nitriles is 1. The SMILES string of the molecule is CCN(CCc1ccncc1)C(=O)C1CCN(CCC#N)CC1. The zero-order valence-corrected chi connectivity index (χ0v) is 13.9. The molecule has 1 aliphatic rings. The number of pyridine rings is 1. The molecular weight excluding hydrogens is 288 g/mol. The summed E-state index contributed by atoms with van der Waals surface area (Å²) in [6.45, 7) is 6.27. The highest BCUT2D eigenvalue weighted by Gasteiger charge is 2.27. The summed E-state index contributed by atoms with van der Waals surface area (Å²) in [5.74, 6) is 0.437. The van der Waals surface area contributed by atoms with Gasteiger partial charge < -0.3 is 9.80 Å². The Balaban J connectivity index is 1.80. The number of amides is 1. The van der Waals surface area contributed by atoms with Crippen LogP contribution in [-0.2, 0) is 11.2 Å². The third-order valence-electron chi connectivity index (χ3n) is 4.59. The molecule has 1 fully saturated rings. The smallest absolute Gasteiger partial charge is 0.225 e. The van der Waals surface area contributed by atoms with E-state index >= 15 is 0 Å². The molecule has 1 aliphatic heterocycles. The fraction of sp³-hybridized carbons (Fsp3) is 0.611. The topological polar surface area (TPSA) is 60.2 Å². The second-order valence-electron chi connectivity index (χ2n) is 6.05. The first-order valence-electron chi connectivity index (χ1n) is 8.51. The van der Waals surface area contributed by atoms with Gasteiger partial charge in [-0.05, 0) is 57.0 Å². The van der Waals surface area contributed by atoms with Crippen molar-refractivity contribution in [3.8, 4) is 6.07 Å². The number of carbonyl (C=O) groups is 1. The van der Waals surface area contributed by atoms with Crippen LogP contribution in [0.3, 0.4) is 0 Å². The van der Waals surface area contributed by atoms with E-state index in [1.165, 1.54) is 5.56 Å². The molecule has 124 valence electrons. The van der Waals surface area contributed by atoms with Crippen LogP contribution in [0.2, 0.25) is 0 Å². The molecule has 1 saturated heterocycles. The van der Waals surface area contributed by atoms with Gasteiger partial charge in [-0.25, -0.2) is 0 Å². The Hall–Kier alpha value is -1.93. The molecular formula is C18H26N4O. The van der Waals surface area contributed by atoms with Crippen LogP contribution in [0.15, 0.2) is 24.5 Å². The molecule has 0 atom stereocenters. The predicted molar refractivity (Wildman–Crippen MR) is 89.6 cm³/mol. The van der Waals surface area contributed by atoms with Crippen LogP contribution < -0.4 is 0 Å². The molecule has 0 bridgehead atoms. The first-order valence-corrected chi connectivity index (χ1v) is 8.51. The van der Waals surface area contributed by atoms with Gasteiger partial charge in [-0.15, -0.1) is 0 Å². The lowest BCUT2D eigenvalue weighted by Crippen LogP contribution is -2.43. The lowest BCUT2D eigenvalue weighted by molar-refractivity contribution is -0.136. The monoisotopic (exact) mass is 314 g/mol. The Morgan fingerprint density at radius 1 is 1.39 bits per heavy atom. The van der Waals surface area contributed by atoms with Crippen LogP contribution in [0.25, 0.3) is 0 Å². The fourth-order valence-corrected chi connectivity index (χ4v) is 3.11. The molecule has 0 radical (unpaired) electrons. The summed E-state index contributed by atoms with van der Waals surface area (Å²) in [6.07, 6.45) is 6.87. The van der Waals surface area contributed by atoms with E-state index in [4.69, 9.17) is 5.26 Å². The largest absolute Gasteiger partial charge is 0.342 e.